The zero-order chi connectivity index (χ0) is 32.6. The number of aromatic amines is 1. The summed E-state index contributed by atoms with van der Waals surface area (Å²) in [6.07, 6.45) is 4.29. The van der Waals surface area contributed by atoms with Crippen LogP contribution in [0.5, 0.6) is 0 Å². The first kappa shape index (κ1) is 31.5. The van der Waals surface area contributed by atoms with Crippen molar-refractivity contribution in [3.05, 3.63) is 94.5 Å². The standard InChI is InChI=1S/C36H45N9O/c1-21(2)39-24(6)25-9-11-31-26(15-25)7-8-27-16-28(34(46)40-22(3)4)10-12-32(27)36(31,35-41-43-44-42-35)13-14-38-20-23(5)45-30(19-37)17-29-18-33(29)45/h9-12,15-16,21-22,29-30,33,38-39H,5-8,13-14,17-18,20H2,1-4H3,(H,40,46)(H,41,42,43,44)/t29-,30?,33?,36?/m1/s1. The number of aryl methyl sites for hydroxylation is 2. The Kier molecular flexibility index (Phi) is 8.71. The molecule has 2 heterocycles. The fraction of sp³-hybridized carbons (Fsp3) is 0.472. The monoisotopic (exact) mass is 619 g/mol. The van der Waals surface area contributed by atoms with E-state index in [-0.39, 0.29) is 24.0 Å². The average molecular weight is 620 g/mol. The SMILES string of the molecule is C=C(NC(C)C)c1ccc2c(c1)CCc1cc(C(=O)NC(C)C)ccc1C2(CCNCC(=C)N1C(C#N)C[C@@H]2CC21)c1nn[nH]n1. The minimum atomic E-state index is -0.731. The highest BCUT2D eigenvalue weighted by molar-refractivity contribution is 5.94. The highest BCUT2D eigenvalue weighted by atomic mass is 16.1. The summed E-state index contributed by atoms with van der Waals surface area (Å²) in [4.78, 5) is 15.3. The number of hydrogen-bond donors (Lipinski definition) is 4. The smallest absolute Gasteiger partial charge is 0.251 e. The summed E-state index contributed by atoms with van der Waals surface area (Å²) in [5.41, 5.74) is 7.29. The van der Waals surface area contributed by atoms with Crippen LogP contribution in [0.15, 0.2) is 55.3 Å². The van der Waals surface area contributed by atoms with E-state index >= 15 is 0 Å². The number of likely N-dealkylation sites (tertiary alicyclic amines) is 1. The van der Waals surface area contributed by atoms with Gasteiger partial charge in [-0.25, -0.2) is 0 Å². The molecule has 0 spiro atoms. The van der Waals surface area contributed by atoms with Gasteiger partial charge < -0.3 is 20.9 Å². The van der Waals surface area contributed by atoms with Crippen LogP contribution in [-0.2, 0) is 18.3 Å². The summed E-state index contributed by atoms with van der Waals surface area (Å²) in [6, 6.07) is 15.7. The van der Waals surface area contributed by atoms with E-state index in [1.807, 2.05) is 26.0 Å². The molecule has 3 aromatic rings. The number of benzene rings is 2. The van der Waals surface area contributed by atoms with E-state index in [4.69, 9.17) is 0 Å². The third kappa shape index (κ3) is 5.92. The molecule has 2 fully saturated rings. The molecule has 1 amide bonds. The molecule has 1 aliphatic heterocycles. The van der Waals surface area contributed by atoms with E-state index in [1.165, 1.54) is 5.56 Å². The Morgan fingerprint density at radius 3 is 2.35 bits per heavy atom. The molecular weight excluding hydrogens is 574 g/mol. The number of nitriles is 1. The first-order chi connectivity index (χ1) is 22.1. The number of piperidine rings is 1. The van der Waals surface area contributed by atoms with Gasteiger partial charge in [0.05, 0.1) is 11.5 Å². The fourth-order valence-electron chi connectivity index (χ4n) is 7.55. The summed E-state index contributed by atoms with van der Waals surface area (Å²) >= 11 is 0. The number of hydrogen-bond acceptors (Lipinski definition) is 8. The first-order valence-electron chi connectivity index (χ1n) is 16.5. The van der Waals surface area contributed by atoms with Gasteiger partial charge in [-0.3, -0.25) is 4.79 Å². The van der Waals surface area contributed by atoms with Gasteiger partial charge in [-0.05, 0) is 118 Å². The lowest BCUT2D eigenvalue weighted by Gasteiger charge is -2.34. The van der Waals surface area contributed by atoms with Crippen molar-refractivity contribution < 1.29 is 4.79 Å². The second-order valence-electron chi connectivity index (χ2n) is 13.6. The maximum atomic E-state index is 13.1. The first-order valence-corrected chi connectivity index (χ1v) is 16.5. The van der Waals surface area contributed by atoms with Crippen molar-refractivity contribution in [3.8, 4) is 6.07 Å². The molecule has 4 N–H and O–H groups in total. The molecule has 6 rings (SSSR count). The van der Waals surface area contributed by atoms with E-state index in [0.29, 0.717) is 42.9 Å². The molecule has 10 nitrogen and oxygen atoms in total. The Bertz CT molecular complexity index is 1600. The lowest BCUT2D eigenvalue weighted by molar-refractivity contribution is 0.0943. The maximum Gasteiger partial charge on any atom is 0.251 e. The van der Waals surface area contributed by atoms with Crippen molar-refractivity contribution >= 4 is 11.6 Å². The van der Waals surface area contributed by atoms with Crippen LogP contribution in [-0.4, -0.2) is 68.7 Å². The van der Waals surface area contributed by atoms with Crippen molar-refractivity contribution in [1.82, 2.24) is 41.5 Å². The van der Waals surface area contributed by atoms with Crippen molar-refractivity contribution in [3.63, 3.8) is 0 Å². The summed E-state index contributed by atoms with van der Waals surface area (Å²) in [7, 11) is 0. The molecule has 2 aliphatic carbocycles. The Morgan fingerprint density at radius 1 is 1.04 bits per heavy atom. The zero-order valence-corrected chi connectivity index (χ0v) is 27.4. The van der Waals surface area contributed by atoms with Crippen molar-refractivity contribution in [2.24, 2.45) is 5.92 Å². The van der Waals surface area contributed by atoms with Gasteiger partial charge in [-0.2, -0.15) is 10.5 Å². The summed E-state index contributed by atoms with van der Waals surface area (Å²) in [5, 5.41) is 35.8. The van der Waals surface area contributed by atoms with Gasteiger partial charge in [0.1, 0.15) is 6.04 Å². The lowest BCUT2D eigenvalue weighted by atomic mass is 9.69. The minimum Gasteiger partial charge on any atom is -0.383 e. The third-order valence-electron chi connectivity index (χ3n) is 9.64. The molecule has 2 aromatic carbocycles. The number of H-pyrrole nitrogens is 1. The molecule has 1 saturated heterocycles. The predicted octanol–water partition coefficient (Wildman–Crippen LogP) is 4.22. The number of amides is 1. The number of fused-ring (bicyclic) bond motifs is 3. The molecule has 10 heteroatoms. The van der Waals surface area contributed by atoms with Gasteiger partial charge in [-0.1, -0.05) is 36.6 Å². The normalized spacial score (nSPS) is 22.8. The summed E-state index contributed by atoms with van der Waals surface area (Å²) < 4.78 is 0. The maximum absolute atomic E-state index is 13.1. The van der Waals surface area contributed by atoms with E-state index in [0.717, 1.165) is 59.3 Å². The zero-order valence-electron chi connectivity index (χ0n) is 27.4. The van der Waals surface area contributed by atoms with E-state index in [9.17, 15) is 10.1 Å². The van der Waals surface area contributed by atoms with E-state index < -0.39 is 5.41 Å². The van der Waals surface area contributed by atoms with Gasteiger partial charge in [-0.15, -0.1) is 10.2 Å². The number of nitrogens with zero attached hydrogens (tertiary/aromatic N) is 5. The van der Waals surface area contributed by atoms with Crippen LogP contribution >= 0.6 is 0 Å². The topological polar surface area (TPSA) is 135 Å². The molecule has 4 atom stereocenters. The van der Waals surface area contributed by atoms with Gasteiger partial charge >= 0.3 is 0 Å². The Labute approximate surface area is 271 Å². The largest absolute Gasteiger partial charge is 0.383 e. The quantitative estimate of drug-likeness (QED) is 0.222. The van der Waals surface area contributed by atoms with Crippen LogP contribution < -0.4 is 16.0 Å². The number of tetrazole rings is 1. The third-order valence-corrected chi connectivity index (χ3v) is 9.64. The number of rotatable bonds is 12. The van der Waals surface area contributed by atoms with Crippen molar-refractivity contribution in [2.75, 3.05) is 13.1 Å². The van der Waals surface area contributed by atoms with Crippen LogP contribution in [0.4, 0.5) is 0 Å². The van der Waals surface area contributed by atoms with Gasteiger partial charge in [0.2, 0.25) is 0 Å². The summed E-state index contributed by atoms with van der Waals surface area (Å²) in [5.74, 6) is 1.14. The van der Waals surface area contributed by atoms with Crippen LogP contribution in [0.1, 0.15) is 91.0 Å². The minimum absolute atomic E-state index is 0.0376. The Balaban J connectivity index is 1.37. The van der Waals surface area contributed by atoms with Gasteiger partial charge in [0.25, 0.3) is 5.91 Å². The number of aromatic nitrogens is 4. The van der Waals surface area contributed by atoms with E-state index in [1.54, 1.807) is 0 Å². The van der Waals surface area contributed by atoms with Crippen LogP contribution in [0.2, 0.25) is 0 Å². The predicted molar refractivity (Wildman–Crippen MR) is 179 cm³/mol. The van der Waals surface area contributed by atoms with Crippen LogP contribution in [0.3, 0.4) is 0 Å². The van der Waals surface area contributed by atoms with Crippen LogP contribution in [0.25, 0.3) is 5.70 Å². The Morgan fingerprint density at radius 2 is 1.72 bits per heavy atom. The molecule has 0 bridgehead atoms. The summed E-state index contributed by atoms with van der Waals surface area (Å²) in [6.45, 7) is 18.1. The van der Waals surface area contributed by atoms with Gasteiger partial charge in [0, 0.05) is 41.6 Å². The molecule has 3 aliphatic rings. The van der Waals surface area contributed by atoms with Crippen LogP contribution in [0, 0.1) is 17.2 Å². The molecule has 3 unspecified atom stereocenters. The molecule has 0 radical (unpaired) electrons. The molecule has 1 aromatic heterocycles. The van der Waals surface area contributed by atoms with Crippen molar-refractivity contribution in [1.29, 1.82) is 5.26 Å². The molecule has 1 saturated carbocycles. The van der Waals surface area contributed by atoms with E-state index in [2.05, 4.69) is 98.8 Å². The van der Waals surface area contributed by atoms with Gasteiger partial charge in [0.15, 0.2) is 5.82 Å². The number of nitrogens with one attached hydrogen (secondary N) is 4. The average Bonchev–Trinajstić information content (AvgIpc) is 3.41. The van der Waals surface area contributed by atoms with Crippen molar-refractivity contribution in [2.45, 2.75) is 89.4 Å². The lowest BCUT2D eigenvalue weighted by Crippen LogP contribution is -2.39. The molecule has 240 valence electrons. The highest BCUT2D eigenvalue weighted by Gasteiger charge is 2.52. The fourth-order valence-corrected chi connectivity index (χ4v) is 7.55. The number of carbonyl (C=O) groups excluding carboxylic acids is 1. The molecule has 46 heavy (non-hydrogen) atoms. The highest BCUT2D eigenvalue weighted by Crippen LogP contribution is 2.49. The second-order valence-corrected chi connectivity index (χ2v) is 13.6. The Hall–Kier alpha value is -4.49. The second kappa shape index (κ2) is 12.7. The molecular formula is C36H45N9O. The number of carbonyl (C=O) groups is 1.